The summed E-state index contributed by atoms with van der Waals surface area (Å²) in [5, 5.41) is 0.512. The van der Waals surface area contributed by atoms with Gasteiger partial charge in [-0.05, 0) is 43.3 Å². The summed E-state index contributed by atoms with van der Waals surface area (Å²) in [6.45, 7) is 2.55. The number of nitrogens with zero attached hydrogens (tertiary/aromatic N) is 1. The second-order valence-corrected chi connectivity index (χ2v) is 6.69. The Hall–Kier alpha value is -3.06. The average Bonchev–Trinajstić information content (AvgIpc) is 3.09. The molecule has 146 valence electrons. The fourth-order valence-electron chi connectivity index (χ4n) is 2.97. The topological polar surface area (TPSA) is 87.7 Å². The van der Waals surface area contributed by atoms with Gasteiger partial charge in [0.05, 0.1) is 18.2 Å². The molecule has 8 heteroatoms. The normalized spacial score (nSPS) is 16.0. The van der Waals surface area contributed by atoms with Crippen LogP contribution >= 0.6 is 11.6 Å². The third-order valence-corrected chi connectivity index (χ3v) is 4.61. The van der Waals surface area contributed by atoms with E-state index < -0.39 is 17.7 Å². The summed E-state index contributed by atoms with van der Waals surface area (Å²) in [6.07, 6.45) is 0.0586. The van der Waals surface area contributed by atoms with Gasteiger partial charge in [0.2, 0.25) is 11.8 Å². The first-order valence-electron chi connectivity index (χ1n) is 8.87. The number of para-hydroxylation sites is 2. The zero-order valence-electron chi connectivity index (χ0n) is 15.3. The van der Waals surface area contributed by atoms with E-state index in [1.165, 1.54) is 4.90 Å². The van der Waals surface area contributed by atoms with Crippen LogP contribution in [0.5, 0.6) is 5.75 Å². The van der Waals surface area contributed by atoms with Gasteiger partial charge in [-0.1, -0.05) is 23.7 Å². The number of carbonyl (C=O) groups is 3. The van der Waals surface area contributed by atoms with Gasteiger partial charge >= 0.3 is 0 Å². The molecule has 2 N–H and O–H groups in total. The van der Waals surface area contributed by atoms with Crippen LogP contribution in [0.15, 0.2) is 48.5 Å². The lowest BCUT2D eigenvalue weighted by Crippen LogP contribution is -2.45. The largest absolute Gasteiger partial charge is 0.492 e. The van der Waals surface area contributed by atoms with Crippen molar-refractivity contribution in [2.45, 2.75) is 13.3 Å². The number of hydrazine groups is 1. The maximum atomic E-state index is 12.4. The Morgan fingerprint density at radius 2 is 1.86 bits per heavy atom. The van der Waals surface area contributed by atoms with Crippen molar-refractivity contribution in [3.8, 4) is 5.75 Å². The van der Waals surface area contributed by atoms with Crippen molar-refractivity contribution in [1.82, 2.24) is 10.9 Å². The Labute approximate surface area is 167 Å². The minimum Gasteiger partial charge on any atom is -0.492 e. The lowest BCUT2D eigenvalue weighted by molar-refractivity contribution is -0.126. The van der Waals surface area contributed by atoms with Crippen molar-refractivity contribution in [3.05, 3.63) is 59.1 Å². The van der Waals surface area contributed by atoms with Crippen LogP contribution in [0.25, 0.3) is 0 Å². The molecule has 1 heterocycles. The number of amides is 3. The minimum absolute atomic E-state index is 0.0586. The van der Waals surface area contributed by atoms with E-state index in [0.717, 1.165) is 0 Å². The number of ether oxygens (including phenoxy) is 1. The third kappa shape index (κ3) is 4.43. The van der Waals surface area contributed by atoms with Gasteiger partial charge in [-0.3, -0.25) is 25.2 Å². The Kier molecular flexibility index (Phi) is 6.16. The summed E-state index contributed by atoms with van der Waals surface area (Å²) < 4.78 is 5.57. The summed E-state index contributed by atoms with van der Waals surface area (Å²) in [4.78, 5) is 38.5. The summed E-state index contributed by atoms with van der Waals surface area (Å²) in [5.74, 6) is -1.04. The van der Waals surface area contributed by atoms with E-state index in [0.29, 0.717) is 28.6 Å². The summed E-state index contributed by atoms with van der Waals surface area (Å²) in [7, 11) is 0. The van der Waals surface area contributed by atoms with Crippen LogP contribution in [-0.2, 0) is 9.59 Å². The first-order chi connectivity index (χ1) is 13.5. The van der Waals surface area contributed by atoms with Gasteiger partial charge in [-0.15, -0.1) is 0 Å². The van der Waals surface area contributed by atoms with Crippen LogP contribution in [0.2, 0.25) is 5.02 Å². The van der Waals surface area contributed by atoms with Gasteiger partial charge in [0, 0.05) is 23.6 Å². The highest BCUT2D eigenvalue weighted by Crippen LogP contribution is 2.33. The van der Waals surface area contributed by atoms with Crippen molar-refractivity contribution >= 4 is 35.0 Å². The van der Waals surface area contributed by atoms with E-state index in [2.05, 4.69) is 10.9 Å². The number of carbonyl (C=O) groups excluding carboxylic acids is 3. The number of hydrogen-bond donors (Lipinski definition) is 2. The van der Waals surface area contributed by atoms with Crippen LogP contribution in [-0.4, -0.2) is 30.9 Å². The average molecular weight is 402 g/mol. The lowest BCUT2D eigenvalue weighted by atomic mass is 10.1. The Morgan fingerprint density at radius 3 is 2.57 bits per heavy atom. The standard InChI is InChI=1S/C20H20ClN3O4/c1-2-28-17-6-4-3-5-16(17)24-12-14(11-18(24)25)20(27)23-22-19(26)13-7-9-15(21)10-8-13/h3-10,14H,2,11-12H2,1H3,(H,22,26)(H,23,27)/t14-/m1/s1. The molecule has 0 aromatic heterocycles. The van der Waals surface area contributed by atoms with E-state index in [4.69, 9.17) is 16.3 Å². The van der Waals surface area contributed by atoms with E-state index in [-0.39, 0.29) is 18.9 Å². The first kappa shape index (κ1) is 19.7. The Bertz CT molecular complexity index is 885. The summed E-state index contributed by atoms with van der Waals surface area (Å²) >= 11 is 5.79. The molecule has 0 aliphatic carbocycles. The monoisotopic (exact) mass is 401 g/mol. The fraction of sp³-hybridized carbons (Fsp3) is 0.250. The Morgan fingerprint density at radius 1 is 1.14 bits per heavy atom. The maximum absolute atomic E-state index is 12.4. The minimum atomic E-state index is -0.576. The van der Waals surface area contributed by atoms with Crippen molar-refractivity contribution in [1.29, 1.82) is 0 Å². The number of rotatable bonds is 5. The molecule has 2 aromatic rings. The van der Waals surface area contributed by atoms with Gasteiger partial charge in [-0.2, -0.15) is 0 Å². The van der Waals surface area contributed by atoms with Crippen molar-refractivity contribution in [2.75, 3.05) is 18.1 Å². The molecule has 1 fully saturated rings. The van der Waals surface area contributed by atoms with Gasteiger partial charge in [-0.25, -0.2) is 0 Å². The number of nitrogens with one attached hydrogen (secondary N) is 2. The summed E-state index contributed by atoms with van der Waals surface area (Å²) in [5.41, 5.74) is 5.74. The quantitative estimate of drug-likeness (QED) is 0.754. The number of benzene rings is 2. The Balaban J connectivity index is 1.61. The molecule has 0 spiro atoms. The SMILES string of the molecule is CCOc1ccccc1N1C[C@H](C(=O)NNC(=O)c2ccc(Cl)cc2)CC1=O. The molecule has 1 saturated heterocycles. The molecule has 1 atom stereocenters. The fourth-order valence-corrected chi connectivity index (χ4v) is 3.09. The molecule has 2 aromatic carbocycles. The molecule has 7 nitrogen and oxygen atoms in total. The number of anilines is 1. The van der Waals surface area contributed by atoms with Crippen molar-refractivity contribution in [3.63, 3.8) is 0 Å². The van der Waals surface area contributed by atoms with Crippen LogP contribution in [0.1, 0.15) is 23.7 Å². The zero-order valence-corrected chi connectivity index (χ0v) is 16.0. The van der Waals surface area contributed by atoms with Crippen LogP contribution in [0, 0.1) is 5.92 Å². The highest BCUT2D eigenvalue weighted by atomic mass is 35.5. The molecule has 0 unspecified atom stereocenters. The van der Waals surface area contributed by atoms with Gasteiger partial charge in [0.1, 0.15) is 5.75 Å². The van der Waals surface area contributed by atoms with Crippen molar-refractivity contribution < 1.29 is 19.1 Å². The van der Waals surface area contributed by atoms with E-state index in [1.807, 2.05) is 19.1 Å². The van der Waals surface area contributed by atoms with E-state index in [1.54, 1.807) is 36.4 Å². The predicted molar refractivity (Wildman–Crippen MR) is 105 cm³/mol. The molecule has 28 heavy (non-hydrogen) atoms. The second-order valence-electron chi connectivity index (χ2n) is 6.26. The smallest absolute Gasteiger partial charge is 0.269 e. The predicted octanol–water partition coefficient (Wildman–Crippen LogP) is 2.55. The summed E-state index contributed by atoms with van der Waals surface area (Å²) in [6, 6.07) is 13.5. The molecule has 0 radical (unpaired) electrons. The van der Waals surface area contributed by atoms with Crippen LogP contribution in [0.4, 0.5) is 5.69 Å². The van der Waals surface area contributed by atoms with Gasteiger partial charge in [0.25, 0.3) is 5.91 Å². The lowest BCUT2D eigenvalue weighted by Gasteiger charge is -2.20. The van der Waals surface area contributed by atoms with Crippen LogP contribution < -0.4 is 20.5 Å². The first-order valence-corrected chi connectivity index (χ1v) is 9.25. The molecular formula is C20H20ClN3O4. The van der Waals surface area contributed by atoms with Gasteiger partial charge in [0.15, 0.2) is 0 Å². The maximum Gasteiger partial charge on any atom is 0.269 e. The van der Waals surface area contributed by atoms with Crippen LogP contribution in [0.3, 0.4) is 0 Å². The molecule has 1 aliphatic heterocycles. The zero-order chi connectivity index (χ0) is 20.1. The second kappa shape index (κ2) is 8.75. The molecule has 3 rings (SSSR count). The molecule has 0 bridgehead atoms. The van der Waals surface area contributed by atoms with E-state index in [9.17, 15) is 14.4 Å². The highest BCUT2D eigenvalue weighted by molar-refractivity contribution is 6.30. The number of halogens is 1. The van der Waals surface area contributed by atoms with E-state index >= 15 is 0 Å². The highest BCUT2D eigenvalue weighted by Gasteiger charge is 2.36. The van der Waals surface area contributed by atoms with Gasteiger partial charge < -0.3 is 9.64 Å². The molecule has 3 amide bonds. The molecular weight excluding hydrogens is 382 g/mol. The van der Waals surface area contributed by atoms with Crippen molar-refractivity contribution in [2.24, 2.45) is 5.92 Å². The third-order valence-electron chi connectivity index (χ3n) is 4.36. The number of hydrogen-bond acceptors (Lipinski definition) is 4. The molecule has 1 aliphatic rings. The molecule has 0 saturated carbocycles.